The first-order valence-corrected chi connectivity index (χ1v) is 4.60. The number of nitrogens with zero attached hydrogens (tertiary/aromatic N) is 1. The van der Waals surface area contributed by atoms with E-state index >= 15 is 0 Å². The fraction of sp³-hybridized carbons (Fsp3) is 0.500. The van der Waals surface area contributed by atoms with Gasteiger partial charge in [0.1, 0.15) is 0 Å². The molecule has 2 rings (SSSR count). The van der Waals surface area contributed by atoms with Gasteiger partial charge in [0.2, 0.25) is 0 Å². The molecule has 0 aromatic carbocycles. The third-order valence-corrected chi connectivity index (χ3v) is 2.33. The summed E-state index contributed by atoms with van der Waals surface area (Å²) in [5.74, 6) is 0. The Balaban J connectivity index is 1.92. The number of hydrogen-bond acceptors (Lipinski definition) is 3. The zero-order chi connectivity index (χ0) is 9.10. The Morgan fingerprint density at radius 3 is 2.69 bits per heavy atom. The fourth-order valence-electron chi connectivity index (χ4n) is 1.43. The number of hydrogen-bond donors (Lipinski definition) is 1. The van der Waals surface area contributed by atoms with Gasteiger partial charge in [-0.25, -0.2) is 0 Å². The highest BCUT2D eigenvalue weighted by molar-refractivity contribution is 5.14. The van der Waals surface area contributed by atoms with E-state index in [4.69, 9.17) is 4.74 Å². The van der Waals surface area contributed by atoms with Crippen molar-refractivity contribution >= 4 is 0 Å². The lowest BCUT2D eigenvalue weighted by Gasteiger charge is -2.30. The molecular weight excluding hydrogens is 164 g/mol. The summed E-state index contributed by atoms with van der Waals surface area (Å²) in [6.07, 6.45) is 3.65. The van der Waals surface area contributed by atoms with E-state index in [9.17, 15) is 0 Å². The summed E-state index contributed by atoms with van der Waals surface area (Å²) < 4.78 is 5.10. The molecule has 0 aliphatic carbocycles. The van der Waals surface area contributed by atoms with Crippen LogP contribution in [0.3, 0.4) is 0 Å². The first kappa shape index (κ1) is 8.66. The molecule has 1 aliphatic heterocycles. The molecule has 1 aromatic rings. The molecular formula is C10H14N2O. The molecule has 1 fully saturated rings. The lowest BCUT2D eigenvalue weighted by Crippen LogP contribution is -2.46. The molecule has 2 heterocycles. The molecule has 1 aromatic heterocycles. The normalized spacial score (nSPS) is 19.5. The van der Waals surface area contributed by atoms with Gasteiger partial charge < -0.3 is 10.1 Å². The van der Waals surface area contributed by atoms with E-state index in [-0.39, 0.29) is 0 Å². The van der Waals surface area contributed by atoms with Crippen molar-refractivity contribution in [3.05, 3.63) is 30.1 Å². The molecule has 3 heteroatoms. The Labute approximate surface area is 78.1 Å². The van der Waals surface area contributed by atoms with Crippen molar-refractivity contribution in [2.45, 2.75) is 19.0 Å². The van der Waals surface area contributed by atoms with E-state index in [1.807, 2.05) is 24.5 Å². The van der Waals surface area contributed by atoms with Crippen molar-refractivity contribution in [1.82, 2.24) is 10.3 Å². The third-order valence-electron chi connectivity index (χ3n) is 2.33. The van der Waals surface area contributed by atoms with Crippen molar-refractivity contribution in [2.24, 2.45) is 0 Å². The van der Waals surface area contributed by atoms with Crippen molar-refractivity contribution in [3.8, 4) is 0 Å². The van der Waals surface area contributed by atoms with Crippen molar-refractivity contribution < 1.29 is 4.74 Å². The van der Waals surface area contributed by atoms with Gasteiger partial charge in [-0.15, -0.1) is 0 Å². The molecule has 0 bridgehead atoms. The molecule has 0 radical (unpaired) electrons. The highest BCUT2D eigenvalue weighted by Crippen LogP contribution is 2.13. The maximum atomic E-state index is 5.10. The van der Waals surface area contributed by atoms with E-state index < -0.39 is 0 Å². The summed E-state index contributed by atoms with van der Waals surface area (Å²) in [6.45, 7) is 3.85. The molecule has 1 N–H and O–H groups in total. The maximum absolute atomic E-state index is 5.10. The zero-order valence-corrected chi connectivity index (χ0v) is 7.73. The number of aromatic nitrogens is 1. The van der Waals surface area contributed by atoms with Crippen LogP contribution in [0.5, 0.6) is 0 Å². The van der Waals surface area contributed by atoms with Crippen LogP contribution in [0.4, 0.5) is 0 Å². The van der Waals surface area contributed by atoms with Gasteiger partial charge in [-0.2, -0.15) is 0 Å². The molecule has 3 nitrogen and oxygen atoms in total. The monoisotopic (exact) mass is 178 g/mol. The van der Waals surface area contributed by atoms with Crippen LogP contribution in [0.25, 0.3) is 0 Å². The Bertz CT molecular complexity index is 259. The standard InChI is InChI=1S/C10H14N2O/c1-8(12-10-6-13-7-10)9-2-4-11-5-3-9/h2-5,8,10,12H,6-7H2,1H3/t8-/m0/s1. The second kappa shape index (κ2) is 3.85. The van der Waals surface area contributed by atoms with E-state index in [1.165, 1.54) is 5.56 Å². The zero-order valence-electron chi connectivity index (χ0n) is 7.73. The minimum Gasteiger partial charge on any atom is -0.378 e. The summed E-state index contributed by atoms with van der Waals surface area (Å²) in [6, 6.07) is 4.99. The van der Waals surface area contributed by atoms with Crippen molar-refractivity contribution in [2.75, 3.05) is 13.2 Å². The summed E-state index contributed by atoms with van der Waals surface area (Å²) in [7, 11) is 0. The van der Waals surface area contributed by atoms with Gasteiger partial charge in [0.15, 0.2) is 0 Å². The molecule has 1 saturated heterocycles. The second-order valence-corrected chi connectivity index (χ2v) is 3.40. The van der Waals surface area contributed by atoms with Gasteiger partial charge >= 0.3 is 0 Å². The smallest absolute Gasteiger partial charge is 0.0643 e. The van der Waals surface area contributed by atoms with Crippen LogP contribution >= 0.6 is 0 Å². The van der Waals surface area contributed by atoms with Gasteiger partial charge in [-0.3, -0.25) is 4.98 Å². The largest absolute Gasteiger partial charge is 0.378 e. The highest BCUT2D eigenvalue weighted by atomic mass is 16.5. The first-order valence-electron chi connectivity index (χ1n) is 4.60. The predicted octanol–water partition coefficient (Wildman–Crippen LogP) is 1.13. The van der Waals surface area contributed by atoms with E-state index in [0.717, 1.165) is 13.2 Å². The molecule has 0 unspecified atom stereocenters. The minimum atomic E-state index is 0.386. The number of rotatable bonds is 3. The third kappa shape index (κ3) is 2.05. The quantitative estimate of drug-likeness (QED) is 0.753. The molecule has 1 aliphatic rings. The summed E-state index contributed by atoms with van der Waals surface area (Å²) in [5, 5.41) is 3.48. The van der Waals surface area contributed by atoms with Crippen LogP contribution in [0, 0.1) is 0 Å². The van der Waals surface area contributed by atoms with E-state index in [2.05, 4.69) is 17.2 Å². The Hall–Kier alpha value is -0.930. The molecule has 0 saturated carbocycles. The van der Waals surface area contributed by atoms with E-state index in [1.54, 1.807) is 0 Å². The number of pyridine rings is 1. The highest BCUT2D eigenvalue weighted by Gasteiger charge is 2.20. The van der Waals surface area contributed by atoms with Crippen molar-refractivity contribution in [1.29, 1.82) is 0 Å². The summed E-state index contributed by atoms with van der Waals surface area (Å²) in [5.41, 5.74) is 1.28. The van der Waals surface area contributed by atoms with Gasteiger partial charge in [0.25, 0.3) is 0 Å². The molecule has 0 spiro atoms. The Morgan fingerprint density at radius 2 is 2.15 bits per heavy atom. The van der Waals surface area contributed by atoms with Gasteiger partial charge in [0, 0.05) is 18.4 Å². The first-order chi connectivity index (χ1) is 6.36. The molecule has 1 atom stereocenters. The topological polar surface area (TPSA) is 34.1 Å². The lowest BCUT2D eigenvalue weighted by molar-refractivity contribution is -0.00925. The lowest BCUT2D eigenvalue weighted by atomic mass is 10.1. The average Bonchev–Trinajstić information content (AvgIpc) is 2.12. The van der Waals surface area contributed by atoms with Crippen LogP contribution in [-0.4, -0.2) is 24.2 Å². The number of nitrogens with one attached hydrogen (secondary N) is 1. The van der Waals surface area contributed by atoms with Crippen LogP contribution in [0.2, 0.25) is 0 Å². The average molecular weight is 178 g/mol. The van der Waals surface area contributed by atoms with Crippen molar-refractivity contribution in [3.63, 3.8) is 0 Å². The van der Waals surface area contributed by atoms with Crippen LogP contribution < -0.4 is 5.32 Å². The Kier molecular flexibility index (Phi) is 2.57. The molecule has 70 valence electrons. The fourth-order valence-corrected chi connectivity index (χ4v) is 1.43. The molecule has 13 heavy (non-hydrogen) atoms. The number of ether oxygens (including phenoxy) is 1. The van der Waals surface area contributed by atoms with Gasteiger partial charge in [-0.1, -0.05) is 0 Å². The van der Waals surface area contributed by atoms with Crippen LogP contribution in [-0.2, 0) is 4.74 Å². The minimum absolute atomic E-state index is 0.386. The summed E-state index contributed by atoms with van der Waals surface area (Å²) in [4.78, 5) is 3.99. The SMILES string of the molecule is C[C@H](NC1COC1)c1ccncc1. The van der Waals surface area contributed by atoms with E-state index in [0.29, 0.717) is 12.1 Å². The van der Waals surface area contributed by atoms with Gasteiger partial charge in [-0.05, 0) is 24.6 Å². The summed E-state index contributed by atoms with van der Waals surface area (Å²) >= 11 is 0. The second-order valence-electron chi connectivity index (χ2n) is 3.40. The maximum Gasteiger partial charge on any atom is 0.0643 e. The Morgan fingerprint density at radius 1 is 1.46 bits per heavy atom. The van der Waals surface area contributed by atoms with Crippen LogP contribution in [0.1, 0.15) is 18.5 Å². The van der Waals surface area contributed by atoms with Gasteiger partial charge in [0.05, 0.1) is 19.3 Å². The predicted molar refractivity (Wildman–Crippen MR) is 50.4 cm³/mol. The van der Waals surface area contributed by atoms with Crippen LogP contribution in [0.15, 0.2) is 24.5 Å². The molecule has 0 amide bonds.